The summed E-state index contributed by atoms with van der Waals surface area (Å²) in [5.74, 6) is 0. The molecule has 0 aliphatic rings. The van der Waals surface area contributed by atoms with Crippen molar-refractivity contribution in [3.05, 3.63) is 16.4 Å². The summed E-state index contributed by atoms with van der Waals surface area (Å²) in [6, 6.07) is 0. The maximum atomic E-state index is 9.94. The minimum absolute atomic E-state index is 0.303. The van der Waals surface area contributed by atoms with Crippen LogP contribution in [0.4, 0.5) is 0 Å². The highest BCUT2D eigenvalue weighted by atomic mass is 35.5. The lowest BCUT2D eigenvalue weighted by Crippen LogP contribution is -2.40. The highest BCUT2D eigenvalue weighted by molar-refractivity contribution is 6.31. The van der Waals surface area contributed by atoms with Gasteiger partial charge in [-0.3, -0.25) is 4.68 Å². The van der Waals surface area contributed by atoms with Crippen LogP contribution in [0.2, 0.25) is 5.02 Å². The van der Waals surface area contributed by atoms with Crippen LogP contribution in [0.5, 0.6) is 0 Å². The molecule has 92 valence electrons. The Morgan fingerprint density at radius 2 is 2.12 bits per heavy atom. The molecule has 0 aromatic carbocycles. The van der Waals surface area contributed by atoms with Gasteiger partial charge in [0.2, 0.25) is 0 Å². The van der Waals surface area contributed by atoms with Crippen LogP contribution in [0, 0.1) is 6.92 Å². The van der Waals surface area contributed by atoms with Crippen LogP contribution in [0.3, 0.4) is 0 Å². The molecule has 2 atom stereocenters. The Morgan fingerprint density at radius 1 is 1.56 bits per heavy atom. The fourth-order valence-electron chi connectivity index (χ4n) is 1.54. The highest BCUT2D eigenvalue weighted by Crippen LogP contribution is 2.24. The molecule has 4 nitrogen and oxygen atoms in total. The lowest BCUT2D eigenvalue weighted by Gasteiger charge is -2.27. The van der Waals surface area contributed by atoms with E-state index in [9.17, 15) is 10.2 Å². The average Bonchev–Trinajstić information content (AvgIpc) is 2.45. The maximum Gasteiger partial charge on any atom is 0.0880 e. The first-order valence-electron chi connectivity index (χ1n) is 5.38. The highest BCUT2D eigenvalue weighted by Gasteiger charge is 2.30. The van der Waals surface area contributed by atoms with E-state index < -0.39 is 11.7 Å². The number of hydrogen-bond donors (Lipinski definition) is 2. The number of aliphatic hydroxyl groups is 2. The summed E-state index contributed by atoms with van der Waals surface area (Å²) in [5, 5.41) is 24.6. The van der Waals surface area contributed by atoms with Crippen LogP contribution in [-0.4, -0.2) is 31.7 Å². The molecule has 1 aromatic heterocycles. The third-order valence-electron chi connectivity index (χ3n) is 3.08. The molecule has 5 heteroatoms. The van der Waals surface area contributed by atoms with E-state index in [1.54, 1.807) is 18.7 Å². The van der Waals surface area contributed by atoms with Crippen LogP contribution in [0.1, 0.15) is 31.7 Å². The van der Waals surface area contributed by atoms with E-state index in [4.69, 9.17) is 11.6 Å². The predicted octanol–water partition coefficient (Wildman–Crippen LogP) is 1.45. The molecule has 0 saturated heterocycles. The Kier molecular flexibility index (Phi) is 3.99. The molecule has 0 spiro atoms. The fourth-order valence-corrected chi connectivity index (χ4v) is 1.78. The van der Waals surface area contributed by atoms with Gasteiger partial charge in [0.05, 0.1) is 28.1 Å². The first-order chi connectivity index (χ1) is 7.29. The first kappa shape index (κ1) is 13.5. The minimum Gasteiger partial charge on any atom is -0.390 e. The summed E-state index contributed by atoms with van der Waals surface area (Å²) in [4.78, 5) is 0. The Hall–Kier alpha value is -0.580. The van der Waals surface area contributed by atoms with Gasteiger partial charge < -0.3 is 10.2 Å². The third-order valence-corrected chi connectivity index (χ3v) is 3.57. The molecule has 0 amide bonds. The maximum absolute atomic E-state index is 9.94. The van der Waals surface area contributed by atoms with Gasteiger partial charge in [-0.15, -0.1) is 0 Å². The number of aryl methyl sites for hydroxylation is 2. The molecule has 2 unspecified atom stereocenters. The van der Waals surface area contributed by atoms with Crippen LogP contribution >= 0.6 is 11.6 Å². The van der Waals surface area contributed by atoms with Crippen molar-refractivity contribution in [1.82, 2.24) is 9.78 Å². The summed E-state index contributed by atoms with van der Waals surface area (Å²) in [6.07, 6.45) is -0.0515. The predicted molar refractivity (Wildman–Crippen MR) is 63.6 cm³/mol. The van der Waals surface area contributed by atoms with E-state index in [0.717, 1.165) is 11.4 Å². The second kappa shape index (κ2) is 4.73. The number of rotatable bonds is 4. The van der Waals surface area contributed by atoms with E-state index in [2.05, 4.69) is 5.10 Å². The molecular weight excluding hydrogens is 228 g/mol. The number of aliphatic hydroxyl groups excluding tert-OH is 1. The Labute approximate surface area is 101 Å². The van der Waals surface area contributed by atoms with Crippen LogP contribution in [0.15, 0.2) is 0 Å². The SMILES string of the molecule is CCC(C)(O)C(O)Cc1c(Cl)c(C)nn1C. The van der Waals surface area contributed by atoms with E-state index in [-0.39, 0.29) is 0 Å². The molecule has 0 bridgehead atoms. The zero-order valence-corrected chi connectivity index (χ0v) is 10.9. The number of aromatic nitrogens is 2. The topological polar surface area (TPSA) is 58.3 Å². The molecule has 16 heavy (non-hydrogen) atoms. The van der Waals surface area contributed by atoms with E-state index >= 15 is 0 Å². The van der Waals surface area contributed by atoms with Crippen LogP contribution in [0.25, 0.3) is 0 Å². The van der Waals surface area contributed by atoms with Gasteiger partial charge in [-0.2, -0.15) is 5.10 Å². The smallest absolute Gasteiger partial charge is 0.0880 e. The largest absolute Gasteiger partial charge is 0.390 e. The third kappa shape index (κ3) is 2.56. The Morgan fingerprint density at radius 3 is 2.50 bits per heavy atom. The van der Waals surface area contributed by atoms with Crippen molar-refractivity contribution in [2.24, 2.45) is 7.05 Å². The standard InChI is InChI=1S/C11H19ClN2O2/c1-5-11(3,16)9(15)6-8-10(12)7(2)13-14(8)4/h9,15-16H,5-6H2,1-4H3. The molecule has 2 N–H and O–H groups in total. The average molecular weight is 247 g/mol. The number of halogens is 1. The molecule has 0 aliphatic heterocycles. The zero-order valence-electron chi connectivity index (χ0n) is 10.2. The summed E-state index contributed by atoms with van der Waals surface area (Å²) < 4.78 is 1.65. The number of nitrogens with zero attached hydrogens (tertiary/aromatic N) is 2. The Bertz CT molecular complexity index is 374. The van der Waals surface area contributed by atoms with E-state index in [1.807, 2.05) is 13.8 Å². The van der Waals surface area contributed by atoms with Crippen molar-refractivity contribution >= 4 is 11.6 Å². The molecule has 0 radical (unpaired) electrons. The van der Waals surface area contributed by atoms with Crippen molar-refractivity contribution in [2.45, 2.75) is 45.3 Å². The summed E-state index contributed by atoms with van der Waals surface area (Å²) in [5.41, 5.74) is 0.393. The van der Waals surface area contributed by atoms with Crippen molar-refractivity contribution in [2.75, 3.05) is 0 Å². The lowest BCUT2D eigenvalue weighted by molar-refractivity contribution is -0.0636. The molecule has 1 heterocycles. The zero-order chi connectivity index (χ0) is 12.5. The van der Waals surface area contributed by atoms with Gasteiger partial charge >= 0.3 is 0 Å². The van der Waals surface area contributed by atoms with Crippen molar-refractivity contribution < 1.29 is 10.2 Å². The summed E-state index contributed by atoms with van der Waals surface area (Å²) in [6.45, 7) is 5.27. The minimum atomic E-state index is -1.10. The molecule has 0 aliphatic carbocycles. The molecule has 0 saturated carbocycles. The van der Waals surface area contributed by atoms with Crippen molar-refractivity contribution in [3.8, 4) is 0 Å². The van der Waals surface area contributed by atoms with Gasteiger partial charge in [0.25, 0.3) is 0 Å². The lowest BCUT2D eigenvalue weighted by atomic mass is 9.93. The van der Waals surface area contributed by atoms with Crippen LogP contribution < -0.4 is 0 Å². The summed E-state index contributed by atoms with van der Waals surface area (Å²) >= 11 is 6.08. The van der Waals surface area contributed by atoms with Crippen LogP contribution in [-0.2, 0) is 13.5 Å². The van der Waals surface area contributed by atoms with Crippen molar-refractivity contribution in [3.63, 3.8) is 0 Å². The Balaban J connectivity index is 2.89. The molecular formula is C11H19ClN2O2. The second-order valence-electron chi connectivity index (χ2n) is 4.40. The molecule has 1 aromatic rings. The summed E-state index contributed by atoms with van der Waals surface area (Å²) in [7, 11) is 1.78. The van der Waals surface area contributed by atoms with E-state index in [0.29, 0.717) is 17.9 Å². The molecule has 0 fully saturated rings. The van der Waals surface area contributed by atoms with Gasteiger partial charge in [-0.05, 0) is 20.3 Å². The molecule has 1 rings (SSSR count). The van der Waals surface area contributed by atoms with Gasteiger partial charge in [-0.1, -0.05) is 18.5 Å². The van der Waals surface area contributed by atoms with Crippen molar-refractivity contribution in [1.29, 1.82) is 0 Å². The van der Waals surface area contributed by atoms with E-state index in [1.165, 1.54) is 0 Å². The fraction of sp³-hybridized carbons (Fsp3) is 0.727. The quantitative estimate of drug-likeness (QED) is 0.846. The second-order valence-corrected chi connectivity index (χ2v) is 4.78. The normalized spacial score (nSPS) is 17.2. The van der Waals surface area contributed by atoms with Gasteiger partial charge in [0.1, 0.15) is 0 Å². The number of hydrogen-bond acceptors (Lipinski definition) is 3. The van der Waals surface area contributed by atoms with Gasteiger partial charge in [0.15, 0.2) is 0 Å². The van der Waals surface area contributed by atoms with Gasteiger partial charge in [0, 0.05) is 13.5 Å². The van der Waals surface area contributed by atoms with Gasteiger partial charge in [-0.25, -0.2) is 0 Å². The first-order valence-corrected chi connectivity index (χ1v) is 5.75. The monoisotopic (exact) mass is 246 g/mol.